The van der Waals surface area contributed by atoms with Gasteiger partial charge in [-0.2, -0.15) is 0 Å². The minimum Gasteiger partial charge on any atom is -0.403 e. The van der Waals surface area contributed by atoms with Gasteiger partial charge in [-0.1, -0.05) is 6.07 Å². The molecule has 8 heteroatoms. The predicted molar refractivity (Wildman–Crippen MR) is 98.1 cm³/mol. The van der Waals surface area contributed by atoms with E-state index in [0.717, 1.165) is 24.5 Å². The van der Waals surface area contributed by atoms with Gasteiger partial charge in [0.1, 0.15) is 18.8 Å². The molecular formula is C18H27N4O4+. The van der Waals surface area contributed by atoms with E-state index in [0.29, 0.717) is 24.5 Å². The van der Waals surface area contributed by atoms with Crippen molar-refractivity contribution in [3.05, 3.63) is 18.2 Å². The summed E-state index contributed by atoms with van der Waals surface area (Å²) < 4.78 is 7.44. The van der Waals surface area contributed by atoms with Crippen LogP contribution in [0.15, 0.2) is 18.2 Å². The normalized spacial score (nSPS) is 20.9. The van der Waals surface area contributed by atoms with Crippen LogP contribution in [0.3, 0.4) is 0 Å². The number of amides is 1. The summed E-state index contributed by atoms with van der Waals surface area (Å²) in [4.78, 5) is 27.7. The highest BCUT2D eigenvalue weighted by Crippen LogP contribution is 2.41. The number of hydrogen-bond donors (Lipinski definition) is 0. The molecule has 26 heavy (non-hydrogen) atoms. The SMILES string of the molecule is CON1c2cccc(OC(=O)N3CCN(C)CC3)c2[N+](OC)=C(C)C1C. The molecule has 1 amide bonds. The second-order valence-corrected chi connectivity index (χ2v) is 6.58. The van der Waals surface area contributed by atoms with Gasteiger partial charge in [0.05, 0.1) is 7.11 Å². The zero-order chi connectivity index (χ0) is 18.8. The molecule has 1 saturated heterocycles. The topological polar surface area (TPSA) is 57.5 Å². The molecule has 2 aliphatic heterocycles. The maximum absolute atomic E-state index is 12.6. The van der Waals surface area contributed by atoms with Crippen LogP contribution in [0.1, 0.15) is 13.8 Å². The quantitative estimate of drug-likeness (QED) is 0.764. The first-order valence-electron chi connectivity index (χ1n) is 8.77. The second-order valence-electron chi connectivity index (χ2n) is 6.58. The molecule has 1 unspecified atom stereocenters. The van der Waals surface area contributed by atoms with Crippen molar-refractivity contribution in [2.75, 3.05) is 52.5 Å². The van der Waals surface area contributed by atoms with Gasteiger partial charge in [0.15, 0.2) is 0 Å². The van der Waals surface area contributed by atoms with Gasteiger partial charge in [0.2, 0.25) is 11.5 Å². The summed E-state index contributed by atoms with van der Waals surface area (Å²) in [7, 11) is 5.27. The van der Waals surface area contributed by atoms with Crippen molar-refractivity contribution in [3.63, 3.8) is 0 Å². The molecule has 1 fully saturated rings. The van der Waals surface area contributed by atoms with Gasteiger partial charge in [-0.25, -0.2) is 9.86 Å². The average molecular weight is 363 g/mol. The standard InChI is InChI=1S/C18H27N4O4/c1-13-14(2)22(25-5)17-15(21(13)24-4)7-6-8-16(17)26-18(23)20-11-9-19(3)10-12-20/h6-8,13H,9-12H2,1-5H3/q+1. The maximum atomic E-state index is 12.6. The van der Waals surface area contributed by atoms with E-state index in [4.69, 9.17) is 14.4 Å². The zero-order valence-corrected chi connectivity index (χ0v) is 16.1. The van der Waals surface area contributed by atoms with Crippen LogP contribution in [0.2, 0.25) is 0 Å². The number of hydroxylamine groups is 1. The first-order chi connectivity index (χ1) is 12.5. The Bertz CT molecular complexity index is 713. The molecule has 0 radical (unpaired) electrons. The molecule has 1 aromatic carbocycles. The lowest BCUT2D eigenvalue weighted by Gasteiger charge is -2.32. The molecule has 0 bridgehead atoms. The Balaban J connectivity index is 1.93. The van der Waals surface area contributed by atoms with E-state index in [1.165, 1.54) is 0 Å². The van der Waals surface area contributed by atoms with Gasteiger partial charge >= 0.3 is 11.8 Å². The van der Waals surface area contributed by atoms with Crippen LogP contribution in [0, 0.1) is 0 Å². The minimum absolute atomic E-state index is 0.0176. The number of benzene rings is 1. The first kappa shape index (κ1) is 18.5. The lowest BCUT2D eigenvalue weighted by molar-refractivity contribution is -0.722. The van der Waals surface area contributed by atoms with Gasteiger partial charge in [-0.3, -0.25) is 9.68 Å². The third-order valence-electron chi connectivity index (χ3n) is 5.03. The highest BCUT2D eigenvalue weighted by molar-refractivity contribution is 5.91. The summed E-state index contributed by atoms with van der Waals surface area (Å²) in [6.07, 6.45) is -0.345. The molecule has 2 aliphatic rings. The van der Waals surface area contributed by atoms with Crippen LogP contribution in [-0.4, -0.2) is 79.8 Å². The van der Waals surface area contributed by atoms with E-state index in [2.05, 4.69) is 4.90 Å². The van der Waals surface area contributed by atoms with Crippen LogP contribution in [0.4, 0.5) is 16.2 Å². The number of para-hydroxylation sites is 1. The molecule has 3 rings (SSSR count). The molecular weight excluding hydrogens is 336 g/mol. The molecule has 0 aliphatic carbocycles. The van der Waals surface area contributed by atoms with E-state index >= 15 is 0 Å². The number of hydrogen-bond acceptors (Lipinski definition) is 6. The third kappa shape index (κ3) is 3.22. The van der Waals surface area contributed by atoms with Gasteiger partial charge in [-0.15, -0.1) is 0 Å². The second kappa shape index (κ2) is 7.51. The Morgan fingerprint density at radius 1 is 1.19 bits per heavy atom. The van der Waals surface area contributed by atoms with Gasteiger partial charge in [0.25, 0.3) is 0 Å². The minimum atomic E-state index is -0.345. The highest BCUT2D eigenvalue weighted by atomic mass is 16.7. The lowest BCUT2D eigenvalue weighted by Crippen LogP contribution is -2.48. The molecule has 0 N–H and O–H groups in total. The zero-order valence-electron chi connectivity index (χ0n) is 16.1. The number of anilines is 1. The van der Waals surface area contributed by atoms with E-state index in [9.17, 15) is 4.79 Å². The Morgan fingerprint density at radius 3 is 2.50 bits per heavy atom. The van der Waals surface area contributed by atoms with Crippen LogP contribution in [0.5, 0.6) is 5.75 Å². The molecule has 1 atom stereocenters. The summed E-state index contributed by atoms with van der Waals surface area (Å²) >= 11 is 0. The predicted octanol–water partition coefficient (Wildman–Crippen LogP) is 1.87. The fourth-order valence-corrected chi connectivity index (χ4v) is 3.34. The molecule has 8 nitrogen and oxygen atoms in total. The maximum Gasteiger partial charge on any atom is 0.415 e. The summed E-state index contributed by atoms with van der Waals surface area (Å²) in [5.74, 6) is 0.446. The van der Waals surface area contributed by atoms with Crippen LogP contribution in [-0.2, 0) is 9.68 Å². The number of likely N-dealkylation sites (N-methyl/N-ethyl adjacent to an activating group) is 1. The Kier molecular flexibility index (Phi) is 5.33. The van der Waals surface area contributed by atoms with E-state index in [1.54, 1.807) is 35.0 Å². The number of rotatable bonds is 3. The fourth-order valence-electron chi connectivity index (χ4n) is 3.34. The summed E-state index contributed by atoms with van der Waals surface area (Å²) in [5, 5.41) is 1.79. The number of carbonyl (C=O) groups is 1. The number of nitrogens with zero attached hydrogens (tertiary/aromatic N) is 4. The number of fused-ring (bicyclic) bond motifs is 1. The molecule has 142 valence electrons. The van der Waals surface area contributed by atoms with E-state index < -0.39 is 0 Å². The Hall–Kier alpha value is -2.32. The largest absolute Gasteiger partial charge is 0.415 e. The first-order valence-corrected chi connectivity index (χ1v) is 8.77. The molecule has 0 aromatic heterocycles. The fraction of sp³-hybridized carbons (Fsp3) is 0.556. The van der Waals surface area contributed by atoms with Crippen molar-refractivity contribution in [1.82, 2.24) is 9.80 Å². The van der Waals surface area contributed by atoms with E-state index in [1.807, 2.05) is 33.0 Å². The van der Waals surface area contributed by atoms with Gasteiger partial charge < -0.3 is 14.5 Å². The smallest absolute Gasteiger partial charge is 0.403 e. The Labute approximate surface area is 154 Å². The van der Waals surface area contributed by atoms with Crippen molar-refractivity contribution >= 4 is 23.2 Å². The highest BCUT2D eigenvalue weighted by Gasteiger charge is 2.40. The number of piperazine rings is 1. The van der Waals surface area contributed by atoms with Crippen molar-refractivity contribution in [2.24, 2.45) is 0 Å². The van der Waals surface area contributed by atoms with Crippen molar-refractivity contribution in [1.29, 1.82) is 0 Å². The molecule has 2 heterocycles. The lowest BCUT2D eigenvalue weighted by atomic mass is 10.1. The Morgan fingerprint density at radius 2 is 1.88 bits per heavy atom. The van der Waals surface area contributed by atoms with Gasteiger partial charge in [0, 0.05) is 37.8 Å². The molecule has 0 saturated carbocycles. The van der Waals surface area contributed by atoms with E-state index in [-0.39, 0.29) is 12.1 Å². The molecule has 0 spiro atoms. The van der Waals surface area contributed by atoms with Crippen LogP contribution < -0.4 is 9.80 Å². The van der Waals surface area contributed by atoms with Crippen LogP contribution >= 0.6 is 0 Å². The third-order valence-corrected chi connectivity index (χ3v) is 5.03. The van der Waals surface area contributed by atoms with Crippen LogP contribution in [0.25, 0.3) is 0 Å². The summed E-state index contributed by atoms with van der Waals surface area (Å²) in [5.41, 5.74) is 2.39. The van der Waals surface area contributed by atoms with Crippen molar-refractivity contribution in [3.8, 4) is 5.75 Å². The average Bonchev–Trinajstić information content (AvgIpc) is 2.64. The number of carbonyl (C=O) groups excluding carboxylic acids is 1. The van der Waals surface area contributed by atoms with Crippen molar-refractivity contribution < 1.29 is 23.9 Å². The summed E-state index contributed by atoms with van der Waals surface area (Å²) in [6, 6.07) is 5.52. The van der Waals surface area contributed by atoms with Gasteiger partial charge in [-0.05, 0) is 26.1 Å². The number of ether oxygens (including phenoxy) is 1. The van der Waals surface area contributed by atoms with Crippen molar-refractivity contribution in [2.45, 2.75) is 19.9 Å². The molecule has 1 aromatic rings. The monoisotopic (exact) mass is 363 g/mol. The summed E-state index contributed by atoms with van der Waals surface area (Å²) in [6.45, 7) is 6.98.